The van der Waals surface area contributed by atoms with Crippen LogP contribution in [0.3, 0.4) is 0 Å². The number of unbranched alkanes of at least 4 members (excludes halogenated alkanes) is 4. The number of esters is 1. The van der Waals surface area contributed by atoms with Gasteiger partial charge >= 0.3 is 5.97 Å². The average Bonchev–Trinajstić information content (AvgIpc) is 2.90. The molecule has 0 aromatic heterocycles. The third-order valence-corrected chi connectivity index (χ3v) is 5.87. The first kappa shape index (κ1) is 33.4. The van der Waals surface area contributed by atoms with Crippen LogP contribution < -0.4 is 0 Å². The standard InChI is InChI=1S/C28H48O9/c1-3-5-6-7-8-9-10-11-12-13-14-15-16-17-18-34-20-22(36-24(30)4-2)21-35-28-27(33)26(32)25(31)23(19-29)37-28/h5-6,8-9,11-12,22-23,25-29,31-33H,3-4,7,10,13-21H2,1-2H3/b6-5-,9-8-,12-11-. The zero-order valence-corrected chi connectivity index (χ0v) is 22.5. The fourth-order valence-electron chi connectivity index (χ4n) is 3.65. The van der Waals surface area contributed by atoms with Crippen molar-refractivity contribution in [3.05, 3.63) is 36.5 Å². The van der Waals surface area contributed by atoms with Gasteiger partial charge in [0, 0.05) is 13.0 Å². The molecule has 6 atom stereocenters. The van der Waals surface area contributed by atoms with Crippen LogP contribution in [-0.2, 0) is 23.7 Å². The maximum absolute atomic E-state index is 11.8. The Hall–Kier alpha value is -1.59. The van der Waals surface area contributed by atoms with E-state index in [1.807, 2.05) is 0 Å². The normalized spacial score (nSPS) is 25.4. The van der Waals surface area contributed by atoms with E-state index in [4.69, 9.17) is 18.9 Å². The van der Waals surface area contributed by atoms with E-state index < -0.39 is 49.4 Å². The van der Waals surface area contributed by atoms with Crippen LogP contribution in [0.4, 0.5) is 0 Å². The molecule has 0 spiro atoms. The molecule has 0 radical (unpaired) electrons. The van der Waals surface area contributed by atoms with Gasteiger partial charge in [0.05, 0.1) is 19.8 Å². The molecule has 6 unspecified atom stereocenters. The number of carbonyl (C=O) groups excluding carboxylic acids is 1. The summed E-state index contributed by atoms with van der Waals surface area (Å²) in [4.78, 5) is 11.8. The first-order chi connectivity index (χ1) is 17.9. The lowest BCUT2D eigenvalue weighted by Gasteiger charge is -2.39. The number of hydrogen-bond donors (Lipinski definition) is 4. The Labute approximate surface area is 221 Å². The van der Waals surface area contributed by atoms with Crippen molar-refractivity contribution in [1.29, 1.82) is 0 Å². The Morgan fingerprint density at radius 2 is 1.54 bits per heavy atom. The summed E-state index contributed by atoms with van der Waals surface area (Å²) in [6.45, 7) is 3.77. The fraction of sp³-hybridized carbons (Fsp3) is 0.750. The van der Waals surface area contributed by atoms with Crippen LogP contribution in [-0.4, -0.2) is 89.6 Å². The van der Waals surface area contributed by atoms with E-state index in [0.29, 0.717) is 6.61 Å². The van der Waals surface area contributed by atoms with Gasteiger partial charge in [0.1, 0.15) is 30.5 Å². The summed E-state index contributed by atoms with van der Waals surface area (Å²) in [5, 5.41) is 39.1. The number of carbonyl (C=O) groups is 1. The third kappa shape index (κ3) is 14.8. The highest BCUT2D eigenvalue weighted by atomic mass is 16.7. The molecule has 0 bridgehead atoms. The van der Waals surface area contributed by atoms with Crippen molar-refractivity contribution in [2.45, 2.75) is 108 Å². The fourth-order valence-corrected chi connectivity index (χ4v) is 3.65. The second-order valence-corrected chi connectivity index (χ2v) is 9.07. The third-order valence-electron chi connectivity index (χ3n) is 5.87. The Bertz CT molecular complexity index is 662. The number of aliphatic hydroxyl groups excluding tert-OH is 4. The van der Waals surface area contributed by atoms with Crippen molar-refractivity contribution >= 4 is 5.97 Å². The monoisotopic (exact) mass is 528 g/mol. The van der Waals surface area contributed by atoms with Gasteiger partial charge in [-0.15, -0.1) is 0 Å². The van der Waals surface area contributed by atoms with E-state index in [1.54, 1.807) is 6.92 Å². The highest BCUT2D eigenvalue weighted by Gasteiger charge is 2.44. The molecule has 9 heteroatoms. The van der Waals surface area contributed by atoms with E-state index >= 15 is 0 Å². The van der Waals surface area contributed by atoms with Crippen LogP contribution in [0, 0.1) is 0 Å². The number of rotatable bonds is 20. The van der Waals surface area contributed by atoms with Crippen molar-refractivity contribution in [2.24, 2.45) is 0 Å². The van der Waals surface area contributed by atoms with E-state index in [0.717, 1.165) is 51.4 Å². The lowest BCUT2D eigenvalue weighted by molar-refractivity contribution is -0.305. The SMILES string of the molecule is CC/C=C\C/C=C\C/C=C\CCCCCCOCC(COC1OC(CO)C(O)C(O)C1O)OC(=O)CC. The second kappa shape index (κ2) is 21.4. The quantitative estimate of drug-likeness (QED) is 0.107. The average molecular weight is 529 g/mol. The molecule has 214 valence electrons. The molecular formula is C28H48O9. The van der Waals surface area contributed by atoms with Gasteiger partial charge in [-0.2, -0.15) is 0 Å². The first-order valence-corrected chi connectivity index (χ1v) is 13.6. The Balaban J connectivity index is 2.22. The molecule has 9 nitrogen and oxygen atoms in total. The molecule has 1 aliphatic rings. The van der Waals surface area contributed by atoms with Crippen LogP contribution in [0.15, 0.2) is 36.5 Å². The minimum Gasteiger partial charge on any atom is -0.457 e. The minimum atomic E-state index is -1.53. The predicted molar refractivity (Wildman–Crippen MR) is 141 cm³/mol. The van der Waals surface area contributed by atoms with Gasteiger partial charge in [-0.25, -0.2) is 0 Å². The van der Waals surface area contributed by atoms with Crippen LogP contribution >= 0.6 is 0 Å². The zero-order chi connectivity index (χ0) is 27.3. The van der Waals surface area contributed by atoms with Crippen LogP contribution in [0.1, 0.15) is 71.6 Å². The number of ether oxygens (including phenoxy) is 4. The zero-order valence-electron chi connectivity index (χ0n) is 22.5. The predicted octanol–water partition coefficient (Wildman–Crippen LogP) is 2.95. The molecule has 4 N–H and O–H groups in total. The van der Waals surface area contributed by atoms with Gasteiger partial charge in [0.15, 0.2) is 6.29 Å². The van der Waals surface area contributed by atoms with Crippen LogP contribution in [0.2, 0.25) is 0 Å². The van der Waals surface area contributed by atoms with Crippen LogP contribution in [0.25, 0.3) is 0 Å². The molecular weight excluding hydrogens is 480 g/mol. The maximum atomic E-state index is 11.8. The summed E-state index contributed by atoms with van der Waals surface area (Å²) in [7, 11) is 0. The van der Waals surface area contributed by atoms with Gasteiger partial charge in [-0.05, 0) is 38.5 Å². The Kier molecular flexibility index (Phi) is 19.3. The highest BCUT2D eigenvalue weighted by Crippen LogP contribution is 2.22. The smallest absolute Gasteiger partial charge is 0.305 e. The van der Waals surface area contributed by atoms with Crippen molar-refractivity contribution in [3.63, 3.8) is 0 Å². The molecule has 0 aliphatic carbocycles. The molecule has 0 amide bonds. The van der Waals surface area contributed by atoms with Gasteiger partial charge < -0.3 is 39.4 Å². The van der Waals surface area contributed by atoms with Gasteiger partial charge in [-0.1, -0.05) is 63.1 Å². The van der Waals surface area contributed by atoms with Gasteiger partial charge in [0.2, 0.25) is 0 Å². The summed E-state index contributed by atoms with van der Waals surface area (Å²) in [5.41, 5.74) is 0. The molecule has 0 aromatic carbocycles. The molecule has 1 aliphatic heterocycles. The highest BCUT2D eigenvalue weighted by molar-refractivity contribution is 5.69. The topological polar surface area (TPSA) is 135 Å². The lowest BCUT2D eigenvalue weighted by atomic mass is 9.99. The number of allylic oxidation sites excluding steroid dienone is 6. The first-order valence-electron chi connectivity index (χ1n) is 13.6. The summed E-state index contributed by atoms with van der Waals surface area (Å²) in [6, 6.07) is 0. The Morgan fingerprint density at radius 1 is 0.865 bits per heavy atom. The number of hydrogen-bond acceptors (Lipinski definition) is 9. The van der Waals surface area contributed by atoms with Gasteiger partial charge in [-0.3, -0.25) is 4.79 Å². The largest absolute Gasteiger partial charge is 0.457 e. The summed E-state index contributed by atoms with van der Waals surface area (Å²) in [6.07, 6.45) is 14.0. The lowest BCUT2D eigenvalue weighted by Crippen LogP contribution is -2.59. The van der Waals surface area contributed by atoms with Crippen LogP contribution in [0.5, 0.6) is 0 Å². The van der Waals surface area contributed by atoms with Crippen molar-refractivity contribution in [2.75, 3.05) is 26.4 Å². The summed E-state index contributed by atoms with van der Waals surface area (Å²) in [5.74, 6) is -0.414. The molecule has 1 heterocycles. The van der Waals surface area contributed by atoms with Gasteiger partial charge in [0.25, 0.3) is 0 Å². The molecule has 1 saturated heterocycles. The minimum absolute atomic E-state index is 0.119. The van der Waals surface area contributed by atoms with E-state index in [1.165, 1.54) is 0 Å². The molecule has 1 rings (SSSR count). The number of aliphatic hydroxyl groups is 4. The molecule has 1 fully saturated rings. The van der Waals surface area contributed by atoms with E-state index in [2.05, 4.69) is 43.4 Å². The van der Waals surface area contributed by atoms with Crippen molar-refractivity contribution in [1.82, 2.24) is 0 Å². The molecule has 37 heavy (non-hydrogen) atoms. The molecule has 0 aromatic rings. The van der Waals surface area contributed by atoms with Crippen molar-refractivity contribution < 1.29 is 44.2 Å². The van der Waals surface area contributed by atoms with E-state index in [-0.39, 0.29) is 19.6 Å². The Morgan fingerprint density at radius 3 is 2.22 bits per heavy atom. The molecule has 0 saturated carbocycles. The second-order valence-electron chi connectivity index (χ2n) is 9.07. The maximum Gasteiger partial charge on any atom is 0.305 e. The summed E-state index contributed by atoms with van der Waals surface area (Å²) >= 11 is 0. The summed E-state index contributed by atoms with van der Waals surface area (Å²) < 4.78 is 21.9. The van der Waals surface area contributed by atoms with E-state index in [9.17, 15) is 25.2 Å². The van der Waals surface area contributed by atoms with Crippen molar-refractivity contribution in [3.8, 4) is 0 Å².